The van der Waals surface area contributed by atoms with Crippen LogP contribution in [0.1, 0.15) is 54.6 Å². The molecule has 0 saturated heterocycles. The van der Waals surface area contributed by atoms with Gasteiger partial charge >= 0.3 is 5.97 Å². The quantitative estimate of drug-likeness (QED) is 0.577. The maximum atomic E-state index is 11.7. The van der Waals surface area contributed by atoms with E-state index in [-0.39, 0.29) is 5.97 Å². The van der Waals surface area contributed by atoms with Crippen molar-refractivity contribution >= 4 is 50.4 Å². The molecule has 2 aromatic rings. The van der Waals surface area contributed by atoms with E-state index >= 15 is 0 Å². The Balaban J connectivity index is 1.63. The molecule has 0 atom stereocenters. The van der Waals surface area contributed by atoms with Crippen LogP contribution in [0.3, 0.4) is 0 Å². The Hall–Kier alpha value is -1.66. The van der Waals surface area contributed by atoms with Crippen LogP contribution in [0.2, 0.25) is 0 Å². The minimum Gasteiger partial charge on any atom is -0.465 e. The summed E-state index contributed by atoms with van der Waals surface area (Å²) in [6.07, 6.45) is 8.95. The molecule has 1 heterocycles. The van der Waals surface area contributed by atoms with Gasteiger partial charge in [-0.15, -0.1) is 11.3 Å². The number of carbonyl (C=O) groups is 1. The molecule has 1 aromatic carbocycles. The van der Waals surface area contributed by atoms with Crippen LogP contribution in [0.25, 0.3) is 10.1 Å². The van der Waals surface area contributed by atoms with Gasteiger partial charge in [0.15, 0.2) is 5.11 Å². The van der Waals surface area contributed by atoms with Gasteiger partial charge in [-0.1, -0.05) is 32.1 Å². The Kier molecular flexibility index (Phi) is 6.26. The summed E-state index contributed by atoms with van der Waals surface area (Å²) in [5, 5.41) is 8.44. The number of hydrogen-bond acceptors (Lipinski definition) is 4. The molecule has 0 radical (unpaired) electrons. The summed E-state index contributed by atoms with van der Waals surface area (Å²) in [4.78, 5) is 12.3. The molecule has 0 amide bonds. The molecule has 0 spiro atoms. The summed E-state index contributed by atoms with van der Waals surface area (Å²) >= 11 is 6.93. The number of nitrogens with one attached hydrogen (secondary N) is 2. The van der Waals surface area contributed by atoms with E-state index in [0.717, 1.165) is 15.8 Å². The minimum absolute atomic E-state index is 0.294. The van der Waals surface area contributed by atoms with Crippen LogP contribution < -0.4 is 10.6 Å². The Bertz CT molecular complexity index is 749. The van der Waals surface area contributed by atoms with Crippen molar-refractivity contribution in [3.63, 3.8) is 0 Å². The van der Waals surface area contributed by atoms with Gasteiger partial charge in [0.25, 0.3) is 0 Å². The van der Waals surface area contributed by atoms with Crippen molar-refractivity contribution in [2.45, 2.75) is 51.0 Å². The van der Waals surface area contributed by atoms with E-state index in [1.165, 1.54) is 63.4 Å². The van der Waals surface area contributed by atoms with Crippen LogP contribution in [0.15, 0.2) is 24.3 Å². The first-order chi connectivity index (χ1) is 12.2. The van der Waals surface area contributed by atoms with E-state index in [9.17, 15) is 4.79 Å². The minimum atomic E-state index is -0.294. The third-order valence-electron chi connectivity index (χ3n) is 4.60. The monoisotopic (exact) mass is 376 g/mol. The van der Waals surface area contributed by atoms with Crippen molar-refractivity contribution in [1.29, 1.82) is 0 Å². The SMILES string of the molecule is COC(=O)c1cc2cc(NC(=S)NC3CCCCCCC3)ccc2s1. The Morgan fingerprint density at radius 1 is 1.16 bits per heavy atom. The van der Waals surface area contributed by atoms with Crippen LogP contribution in [0.5, 0.6) is 0 Å². The number of benzene rings is 1. The van der Waals surface area contributed by atoms with E-state index in [1.807, 2.05) is 24.3 Å². The molecule has 2 N–H and O–H groups in total. The number of fused-ring (bicyclic) bond motifs is 1. The number of carbonyl (C=O) groups excluding carboxylic acids is 1. The summed E-state index contributed by atoms with van der Waals surface area (Å²) in [6, 6.07) is 8.35. The number of thiophene rings is 1. The maximum absolute atomic E-state index is 11.7. The molecule has 4 nitrogen and oxygen atoms in total. The molecule has 134 valence electrons. The number of thiocarbonyl (C=S) groups is 1. The molecule has 1 saturated carbocycles. The predicted octanol–water partition coefficient (Wildman–Crippen LogP) is 5.09. The zero-order valence-electron chi connectivity index (χ0n) is 14.5. The number of methoxy groups -OCH3 is 1. The van der Waals surface area contributed by atoms with E-state index in [1.54, 1.807) is 0 Å². The molecule has 1 fully saturated rings. The number of ether oxygens (including phenoxy) is 1. The number of esters is 1. The van der Waals surface area contributed by atoms with E-state index in [4.69, 9.17) is 17.0 Å². The normalized spacial score (nSPS) is 16.0. The Morgan fingerprint density at radius 3 is 2.60 bits per heavy atom. The molecular weight excluding hydrogens is 352 g/mol. The maximum Gasteiger partial charge on any atom is 0.348 e. The highest BCUT2D eigenvalue weighted by Crippen LogP contribution is 2.28. The fraction of sp³-hybridized carbons (Fsp3) is 0.474. The summed E-state index contributed by atoms with van der Waals surface area (Å²) in [5.74, 6) is -0.294. The fourth-order valence-electron chi connectivity index (χ4n) is 3.28. The summed E-state index contributed by atoms with van der Waals surface area (Å²) in [6.45, 7) is 0. The first-order valence-electron chi connectivity index (χ1n) is 8.85. The summed E-state index contributed by atoms with van der Waals surface area (Å²) < 4.78 is 5.85. The molecule has 6 heteroatoms. The summed E-state index contributed by atoms with van der Waals surface area (Å²) in [5.41, 5.74) is 0.935. The van der Waals surface area contributed by atoms with Crippen LogP contribution in [0, 0.1) is 0 Å². The third-order valence-corrected chi connectivity index (χ3v) is 5.92. The van der Waals surface area contributed by atoms with Crippen molar-refractivity contribution in [1.82, 2.24) is 5.32 Å². The largest absolute Gasteiger partial charge is 0.465 e. The summed E-state index contributed by atoms with van der Waals surface area (Å²) in [7, 11) is 1.40. The molecule has 25 heavy (non-hydrogen) atoms. The lowest BCUT2D eigenvalue weighted by Gasteiger charge is -2.22. The standard InChI is InChI=1S/C19H24N2O2S2/c1-23-18(22)17-12-13-11-15(9-10-16(13)25-17)21-19(24)20-14-7-5-3-2-4-6-8-14/h9-12,14H,2-8H2,1H3,(H2,20,21,24). The van der Waals surface area contributed by atoms with Gasteiger partial charge in [0, 0.05) is 16.4 Å². The zero-order chi connectivity index (χ0) is 17.6. The number of anilines is 1. The second kappa shape index (κ2) is 8.63. The van der Waals surface area contributed by atoms with Crippen molar-refractivity contribution in [2.75, 3.05) is 12.4 Å². The molecular formula is C19H24N2O2S2. The predicted molar refractivity (Wildman–Crippen MR) is 109 cm³/mol. The lowest BCUT2D eigenvalue weighted by molar-refractivity contribution is 0.0606. The van der Waals surface area contributed by atoms with Gasteiger partial charge in [-0.2, -0.15) is 0 Å². The van der Waals surface area contributed by atoms with Crippen molar-refractivity contribution < 1.29 is 9.53 Å². The molecule has 1 aromatic heterocycles. The van der Waals surface area contributed by atoms with Crippen LogP contribution in [-0.2, 0) is 4.74 Å². The molecule has 1 aliphatic carbocycles. The van der Waals surface area contributed by atoms with E-state index in [0.29, 0.717) is 16.0 Å². The molecule has 3 rings (SSSR count). The highest BCUT2D eigenvalue weighted by Gasteiger charge is 2.13. The van der Waals surface area contributed by atoms with Gasteiger partial charge in [-0.05, 0) is 54.7 Å². The molecule has 1 aliphatic rings. The van der Waals surface area contributed by atoms with Crippen molar-refractivity contribution in [3.8, 4) is 0 Å². The first kappa shape index (κ1) is 18.1. The highest BCUT2D eigenvalue weighted by atomic mass is 32.1. The molecule has 0 bridgehead atoms. The topological polar surface area (TPSA) is 50.4 Å². The zero-order valence-corrected chi connectivity index (χ0v) is 16.1. The lowest BCUT2D eigenvalue weighted by Crippen LogP contribution is -2.38. The van der Waals surface area contributed by atoms with Crippen LogP contribution >= 0.6 is 23.6 Å². The number of rotatable bonds is 3. The second-order valence-electron chi connectivity index (χ2n) is 6.50. The lowest BCUT2D eigenvalue weighted by atomic mass is 9.97. The smallest absolute Gasteiger partial charge is 0.348 e. The molecule has 0 aliphatic heterocycles. The average molecular weight is 377 g/mol. The van der Waals surface area contributed by atoms with Gasteiger partial charge in [0.05, 0.1) is 7.11 Å². The van der Waals surface area contributed by atoms with E-state index < -0.39 is 0 Å². The van der Waals surface area contributed by atoms with E-state index in [2.05, 4.69) is 10.6 Å². The van der Waals surface area contributed by atoms with Crippen molar-refractivity contribution in [2.24, 2.45) is 0 Å². The fourth-order valence-corrected chi connectivity index (χ4v) is 4.52. The Morgan fingerprint density at radius 2 is 1.88 bits per heavy atom. The van der Waals surface area contributed by atoms with Crippen molar-refractivity contribution in [3.05, 3.63) is 29.1 Å². The highest BCUT2D eigenvalue weighted by molar-refractivity contribution is 7.80. The Labute approximate surface area is 157 Å². The second-order valence-corrected chi connectivity index (χ2v) is 7.99. The van der Waals surface area contributed by atoms with Gasteiger partial charge in [0.1, 0.15) is 4.88 Å². The van der Waals surface area contributed by atoms with Crippen LogP contribution in [0.4, 0.5) is 5.69 Å². The average Bonchev–Trinajstić information content (AvgIpc) is 2.99. The van der Waals surface area contributed by atoms with Gasteiger partial charge in [-0.25, -0.2) is 4.79 Å². The third kappa shape index (κ3) is 4.92. The first-order valence-corrected chi connectivity index (χ1v) is 10.1. The molecule has 0 unspecified atom stereocenters. The van der Waals surface area contributed by atoms with Crippen LogP contribution in [-0.4, -0.2) is 24.2 Å². The number of hydrogen-bond donors (Lipinski definition) is 2. The van der Waals surface area contributed by atoms with Gasteiger partial charge in [0.2, 0.25) is 0 Å². The van der Waals surface area contributed by atoms with Gasteiger partial charge < -0.3 is 15.4 Å². The van der Waals surface area contributed by atoms with Gasteiger partial charge in [-0.3, -0.25) is 0 Å².